The van der Waals surface area contributed by atoms with Gasteiger partial charge in [-0.1, -0.05) is 6.07 Å². The highest BCUT2D eigenvalue weighted by atomic mass is 16.7. The number of nitrogens with zero attached hydrogens (tertiary/aromatic N) is 2. The molecule has 0 aliphatic heterocycles. The first-order valence-corrected chi connectivity index (χ1v) is 11.1. The topological polar surface area (TPSA) is 174 Å². The van der Waals surface area contributed by atoms with Crippen LogP contribution in [0, 0.1) is 11.8 Å². The van der Waals surface area contributed by atoms with Gasteiger partial charge in [-0.2, -0.15) is 5.06 Å². The molecule has 11 heteroatoms. The number of hydrogen-bond acceptors (Lipinski definition) is 10. The number of carbonyl (C=O) groups is 3. The summed E-state index contributed by atoms with van der Waals surface area (Å²) < 4.78 is 0. The second kappa shape index (κ2) is 8.45. The molecule has 3 aliphatic carbocycles. The predicted molar refractivity (Wildman–Crippen MR) is 122 cm³/mol. The number of phenolic OH excluding ortho intramolecular Hbond substituents is 1. The number of Topliss-reactive ketones (excluding diaryl/α,β-unsaturated/α-hetero) is 2. The van der Waals surface area contributed by atoms with Crippen molar-refractivity contribution in [3.8, 4) is 5.75 Å². The van der Waals surface area contributed by atoms with E-state index in [9.17, 15) is 34.8 Å². The Morgan fingerprint density at radius 3 is 2.43 bits per heavy atom. The van der Waals surface area contributed by atoms with Crippen LogP contribution in [0.5, 0.6) is 5.75 Å². The van der Waals surface area contributed by atoms with Crippen LogP contribution >= 0.6 is 0 Å². The van der Waals surface area contributed by atoms with Gasteiger partial charge in [-0.3, -0.25) is 19.3 Å². The smallest absolute Gasteiger partial charge is 0.255 e. The fourth-order valence-electron chi connectivity index (χ4n) is 5.77. The van der Waals surface area contributed by atoms with Gasteiger partial charge in [0.05, 0.1) is 18.7 Å². The lowest BCUT2D eigenvalue weighted by Crippen LogP contribution is -2.63. The van der Waals surface area contributed by atoms with Crippen molar-refractivity contribution in [3.05, 3.63) is 51.5 Å². The molecular formula is C24H29N3O8. The highest BCUT2D eigenvalue weighted by molar-refractivity contribution is 6.24. The van der Waals surface area contributed by atoms with Crippen LogP contribution in [0.2, 0.25) is 0 Å². The van der Waals surface area contributed by atoms with Gasteiger partial charge in [0.2, 0.25) is 5.78 Å². The van der Waals surface area contributed by atoms with Crippen molar-refractivity contribution >= 4 is 17.5 Å². The number of aliphatic hydroxyl groups excluding tert-OH is 2. The van der Waals surface area contributed by atoms with E-state index in [0.717, 1.165) is 5.56 Å². The lowest BCUT2D eigenvalue weighted by molar-refractivity contribution is -0.148. The number of rotatable bonds is 5. The van der Waals surface area contributed by atoms with Crippen molar-refractivity contribution in [1.82, 2.24) is 9.96 Å². The Morgan fingerprint density at radius 1 is 1.20 bits per heavy atom. The van der Waals surface area contributed by atoms with E-state index in [-0.39, 0.29) is 29.7 Å². The van der Waals surface area contributed by atoms with E-state index in [0.29, 0.717) is 12.1 Å². The number of hydroxylamine groups is 2. The molecule has 188 valence electrons. The number of carbonyl (C=O) groups excluding carboxylic acids is 3. The molecule has 4 atom stereocenters. The van der Waals surface area contributed by atoms with E-state index in [2.05, 4.69) is 0 Å². The minimum Gasteiger partial charge on any atom is -0.510 e. The third kappa shape index (κ3) is 3.46. The first kappa shape index (κ1) is 24.9. The first-order chi connectivity index (χ1) is 16.4. The molecule has 0 saturated carbocycles. The number of ketones is 2. The number of allylic oxidation sites excluding steroid dienone is 1. The van der Waals surface area contributed by atoms with Gasteiger partial charge in [-0.25, -0.2) is 0 Å². The number of likely N-dealkylation sites (N-methyl/N-ethyl adjacent to an activating group) is 1. The van der Waals surface area contributed by atoms with E-state index in [4.69, 9.17) is 10.6 Å². The Balaban J connectivity index is 1.92. The van der Waals surface area contributed by atoms with Gasteiger partial charge in [0.15, 0.2) is 11.4 Å². The maximum absolute atomic E-state index is 13.6. The van der Waals surface area contributed by atoms with Crippen molar-refractivity contribution in [2.24, 2.45) is 17.6 Å². The Morgan fingerprint density at radius 2 is 1.86 bits per heavy atom. The minimum absolute atomic E-state index is 0.0206. The van der Waals surface area contributed by atoms with Gasteiger partial charge < -0.3 is 31.0 Å². The molecule has 11 nitrogen and oxygen atoms in total. The summed E-state index contributed by atoms with van der Waals surface area (Å²) in [6, 6.07) is 2.03. The molecule has 1 aromatic rings. The molecular weight excluding hydrogens is 458 g/mol. The summed E-state index contributed by atoms with van der Waals surface area (Å²) >= 11 is 0. The minimum atomic E-state index is -2.64. The van der Waals surface area contributed by atoms with E-state index >= 15 is 0 Å². The number of benzene rings is 1. The van der Waals surface area contributed by atoms with E-state index in [1.807, 2.05) is 0 Å². The lowest BCUT2D eigenvalue weighted by Gasteiger charge is -2.50. The number of aliphatic hydroxyl groups is 3. The van der Waals surface area contributed by atoms with E-state index in [1.165, 1.54) is 18.1 Å². The molecule has 4 rings (SSSR count). The zero-order chi connectivity index (χ0) is 26.0. The molecule has 0 heterocycles. The molecule has 35 heavy (non-hydrogen) atoms. The summed E-state index contributed by atoms with van der Waals surface area (Å²) in [5.74, 6) is -6.67. The zero-order valence-electron chi connectivity index (χ0n) is 19.9. The maximum atomic E-state index is 13.6. The van der Waals surface area contributed by atoms with Crippen LogP contribution in [-0.2, 0) is 27.4 Å². The van der Waals surface area contributed by atoms with Gasteiger partial charge >= 0.3 is 0 Å². The Kier molecular flexibility index (Phi) is 6.00. The quantitative estimate of drug-likeness (QED) is 0.283. The van der Waals surface area contributed by atoms with Gasteiger partial charge in [0, 0.05) is 25.1 Å². The monoisotopic (exact) mass is 487 g/mol. The van der Waals surface area contributed by atoms with Gasteiger partial charge in [-0.05, 0) is 50.0 Å². The molecule has 0 spiro atoms. The highest BCUT2D eigenvalue weighted by Gasteiger charge is 2.63. The first-order valence-electron chi connectivity index (χ1n) is 11.1. The van der Waals surface area contributed by atoms with E-state index in [1.54, 1.807) is 32.3 Å². The average Bonchev–Trinajstić information content (AvgIpc) is 2.77. The normalized spacial score (nSPS) is 28.4. The number of aromatic hydroxyl groups is 1. The third-order valence-corrected chi connectivity index (χ3v) is 7.41. The Hall–Kier alpha value is -3.25. The van der Waals surface area contributed by atoms with Crippen LogP contribution in [0.1, 0.15) is 27.9 Å². The number of hydrogen-bond donors (Lipinski definition) is 5. The fraction of sp³-hybridized carbons (Fsp3) is 0.458. The van der Waals surface area contributed by atoms with Crippen molar-refractivity contribution < 1.29 is 39.6 Å². The SMILES string of the molecule is CON(C)Cc1ccc(O)c2c1C[C@H]1C[C@H]3[C@H](N(C)C)C(O)=C(C(N)=O)C(=O)C3(O)C(O)=C1C2=O. The molecule has 0 fully saturated rings. The number of nitrogens with two attached hydrogens (primary N) is 1. The molecule has 0 saturated heterocycles. The van der Waals surface area contributed by atoms with Crippen LogP contribution in [0.3, 0.4) is 0 Å². The summed E-state index contributed by atoms with van der Waals surface area (Å²) in [6.45, 7) is 0.321. The summed E-state index contributed by atoms with van der Waals surface area (Å²) in [4.78, 5) is 45.6. The predicted octanol–water partition coefficient (Wildman–Crippen LogP) is 0.114. The summed E-state index contributed by atoms with van der Waals surface area (Å²) in [5.41, 5.74) is 2.96. The van der Waals surface area contributed by atoms with Crippen molar-refractivity contribution in [3.63, 3.8) is 0 Å². The fourth-order valence-corrected chi connectivity index (χ4v) is 5.77. The number of amides is 1. The largest absolute Gasteiger partial charge is 0.510 e. The van der Waals surface area contributed by atoms with Gasteiger partial charge in [0.1, 0.15) is 22.8 Å². The number of primary amides is 1. The second-order valence-corrected chi connectivity index (χ2v) is 9.53. The molecule has 0 radical (unpaired) electrons. The van der Waals surface area contributed by atoms with Gasteiger partial charge in [-0.15, -0.1) is 0 Å². The number of phenols is 1. The number of fused-ring (bicyclic) bond motifs is 3. The molecule has 3 aliphatic rings. The van der Waals surface area contributed by atoms with Crippen LogP contribution in [-0.4, -0.2) is 87.8 Å². The molecule has 1 amide bonds. The maximum Gasteiger partial charge on any atom is 0.255 e. The molecule has 1 unspecified atom stereocenters. The summed E-state index contributed by atoms with van der Waals surface area (Å²) in [7, 11) is 6.39. The van der Waals surface area contributed by atoms with Crippen molar-refractivity contribution in [1.29, 1.82) is 0 Å². The summed E-state index contributed by atoms with van der Waals surface area (Å²) in [5, 5.41) is 45.7. The van der Waals surface area contributed by atoms with Crippen LogP contribution in [0.25, 0.3) is 0 Å². The standard InChI is InChI=1S/C24H29N3O8/c1-26(2)18-13-8-11-7-12-10(9-27(3)35-4)5-6-14(28)16(12)19(29)15(11)21(31)24(13,34)22(32)17(20(18)30)23(25)33/h5-6,11,13,18,28,30-31,34H,7-9H2,1-4H3,(H2,25,33)/t11-,13-,18-,24?/m0/s1. The summed E-state index contributed by atoms with van der Waals surface area (Å²) in [6.07, 6.45) is 0.275. The second-order valence-electron chi connectivity index (χ2n) is 9.53. The molecule has 6 N–H and O–H groups in total. The third-order valence-electron chi connectivity index (χ3n) is 7.41. The van der Waals surface area contributed by atoms with Crippen LogP contribution < -0.4 is 5.73 Å². The molecule has 0 bridgehead atoms. The van der Waals surface area contributed by atoms with Crippen LogP contribution in [0.15, 0.2) is 34.8 Å². The zero-order valence-corrected chi connectivity index (χ0v) is 19.9. The Bertz CT molecular complexity index is 1200. The lowest BCUT2D eigenvalue weighted by atomic mass is 9.58. The molecule has 0 aromatic heterocycles. The van der Waals surface area contributed by atoms with Crippen LogP contribution in [0.4, 0.5) is 0 Å². The van der Waals surface area contributed by atoms with E-state index < -0.39 is 58.0 Å². The molecule has 1 aromatic carbocycles. The van der Waals surface area contributed by atoms with Crippen molar-refractivity contribution in [2.75, 3.05) is 28.3 Å². The Labute approximate surface area is 201 Å². The van der Waals surface area contributed by atoms with Gasteiger partial charge in [0.25, 0.3) is 5.91 Å². The average molecular weight is 488 g/mol. The highest BCUT2D eigenvalue weighted by Crippen LogP contribution is 2.52. The van der Waals surface area contributed by atoms with Crippen molar-refractivity contribution in [2.45, 2.75) is 31.0 Å².